The summed E-state index contributed by atoms with van der Waals surface area (Å²) in [7, 11) is 0. The number of rotatable bonds is 2. The van der Waals surface area contributed by atoms with Gasteiger partial charge < -0.3 is 4.90 Å². The molecule has 0 saturated carbocycles. The summed E-state index contributed by atoms with van der Waals surface area (Å²) in [5.41, 5.74) is 1.73. The summed E-state index contributed by atoms with van der Waals surface area (Å²) in [6, 6.07) is 9.14. The zero-order chi connectivity index (χ0) is 14.3. The first-order chi connectivity index (χ1) is 9.59. The molecular weight excluding hydrogens is 252 g/mol. The quantitative estimate of drug-likeness (QED) is 0.879. The van der Waals surface area contributed by atoms with Crippen LogP contribution in [0.2, 0.25) is 0 Å². The molecular formula is C15H16N4O. The van der Waals surface area contributed by atoms with Crippen LogP contribution in [0.25, 0.3) is 10.9 Å². The van der Waals surface area contributed by atoms with Crippen LogP contribution in [0.1, 0.15) is 25.5 Å². The van der Waals surface area contributed by atoms with E-state index in [-0.39, 0.29) is 24.0 Å². The minimum atomic E-state index is -0.388. The summed E-state index contributed by atoms with van der Waals surface area (Å²) in [5.74, 6) is 0.210. The van der Waals surface area contributed by atoms with Crippen molar-refractivity contribution in [3.05, 3.63) is 42.1 Å². The lowest BCUT2D eigenvalue weighted by molar-refractivity contribution is 0.190. The van der Waals surface area contributed by atoms with Gasteiger partial charge in [-0.05, 0) is 19.9 Å². The molecule has 5 heteroatoms. The van der Waals surface area contributed by atoms with Crippen LogP contribution in [-0.2, 0) is 0 Å². The van der Waals surface area contributed by atoms with E-state index in [2.05, 4.69) is 10.3 Å². The minimum absolute atomic E-state index is 0.0156. The van der Waals surface area contributed by atoms with E-state index in [1.165, 1.54) is 0 Å². The fourth-order valence-electron chi connectivity index (χ4n) is 2.69. The van der Waals surface area contributed by atoms with E-state index in [0.717, 1.165) is 16.5 Å². The van der Waals surface area contributed by atoms with Gasteiger partial charge in [-0.15, -0.1) is 0 Å². The molecule has 2 N–H and O–H groups in total. The third kappa shape index (κ3) is 1.82. The number of para-hydroxylation sites is 1. The van der Waals surface area contributed by atoms with Gasteiger partial charge in [0.25, 0.3) is 0 Å². The first kappa shape index (κ1) is 12.6. The van der Waals surface area contributed by atoms with E-state index >= 15 is 0 Å². The maximum absolute atomic E-state index is 12.0. The zero-order valence-corrected chi connectivity index (χ0v) is 11.4. The molecule has 0 bridgehead atoms. The van der Waals surface area contributed by atoms with Crippen LogP contribution in [0.3, 0.4) is 0 Å². The summed E-state index contributed by atoms with van der Waals surface area (Å²) in [5, 5.41) is 11.7. The molecule has 2 aromatic rings. The van der Waals surface area contributed by atoms with Crippen molar-refractivity contribution in [2.45, 2.75) is 25.9 Å². The summed E-state index contributed by atoms with van der Waals surface area (Å²) in [6.45, 7) is 3.90. The van der Waals surface area contributed by atoms with Crippen molar-refractivity contribution in [3.63, 3.8) is 0 Å². The van der Waals surface area contributed by atoms with Crippen LogP contribution in [0.5, 0.6) is 0 Å². The molecule has 0 spiro atoms. The van der Waals surface area contributed by atoms with Crippen molar-refractivity contribution in [2.75, 3.05) is 0 Å². The standard InChI is InChI=1S/C15H16N4O/c1-9(2)19-13(14(16)18-15(19)20)11-7-3-5-10-6-4-8-17-12(10)11/h3-9,13H,1-2H3,(H2,16,18,20). The molecule has 1 fully saturated rings. The number of pyridine rings is 1. The van der Waals surface area contributed by atoms with E-state index in [1.54, 1.807) is 11.1 Å². The average Bonchev–Trinajstić information content (AvgIpc) is 2.73. The number of amides is 2. The van der Waals surface area contributed by atoms with Crippen molar-refractivity contribution >= 4 is 22.8 Å². The number of aromatic nitrogens is 1. The minimum Gasteiger partial charge on any atom is -0.308 e. The van der Waals surface area contributed by atoms with E-state index < -0.39 is 0 Å². The Kier molecular flexibility index (Phi) is 2.89. The lowest BCUT2D eigenvalue weighted by Gasteiger charge is -2.27. The van der Waals surface area contributed by atoms with Crippen molar-refractivity contribution in [2.24, 2.45) is 0 Å². The van der Waals surface area contributed by atoms with Crippen LogP contribution in [0.15, 0.2) is 36.5 Å². The maximum Gasteiger partial charge on any atom is 0.323 e. The molecule has 1 atom stereocenters. The molecule has 102 valence electrons. The van der Waals surface area contributed by atoms with Gasteiger partial charge in [-0.2, -0.15) is 0 Å². The second-order valence-electron chi connectivity index (χ2n) is 5.17. The van der Waals surface area contributed by atoms with Crippen LogP contribution in [0, 0.1) is 5.41 Å². The van der Waals surface area contributed by atoms with E-state index in [4.69, 9.17) is 5.41 Å². The summed E-state index contributed by atoms with van der Waals surface area (Å²) in [4.78, 5) is 18.1. The Hall–Kier alpha value is -2.43. The number of nitrogens with one attached hydrogen (secondary N) is 2. The second-order valence-corrected chi connectivity index (χ2v) is 5.17. The number of carbonyl (C=O) groups excluding carboxylic acids is 1. The molecule has 1 saturated heterocycles. The van der Waals surface area contributed by atoms with Gasteiger partial charge in [0.05, 0.1) is 5.52 Å². The molecule has 1 aromatic heterocycles. The Morgan fingerprint density at radius 3 is 2.80 bits per heavy atom. The fourth-order valence-corrected chi connectivity index (χ4v) is 2.69. The zero-order valence-electron chi connectivity index (χ0n) is 11.4. The molecule has 5 nitrogen and oxygen atoms in total. The number of nitrogens with zero attached hydrogens (tertiary/aromatic N) is 2. The van der Waals surface area contributed by atoms with Crippen LogP contribution in [0.4, 0.5) is 4.79 Å². The summed E-state index contributed by atoms with van der Waals surface area (Å²) >= 11 is 0. The molecule has 2 amide bonds. The Labute approximate surface area is 117 Å². The van der Waals surface area contributed by atoms with Gasteiger partial charge in [0.1, 0.15) is 11.9 Å². The number of fused-ring (bicyclic) bond motifs is 1. The Bertz CT molecular complexity index is 690. The molecule has 0 aliphatic carbocycles. The highest BCUT2D eigenvalue weighted by Gasteiger charge is 2.39. The number of carbonyl (C=O) groups is 1. The van der Waals surface area contributed by atoms with E-state index in [0.29, 0.717) is 0 Å². The van der Waals surface area contributed by atoms with Gasteiger partial charge in [-0.25, -0.2) is 4.79 Å². The van der Waals surface area contributed by atoms with Crippen molar-refractivity contribution < 1.29 is 4.79 Å². The summed E-state index contributed by atoms with van der Waals surface area (Å²) in [6.07, 6.45) is 1.74. The highest BCUT2D eigenvalue weighted by molar-refractivity contribution is 6.07. The topological polar surface area (TPSA) is 69.1 Å². The molecule has 20 heavy (non-hydrogen) atoms. The third-order valence-electron chi connectivity index (χ3n) is 3.54. The van der Waals surface area contributed by atoms with Gasteiger partial charge in [0, 0.05) is 23.2 Å². The number of hydrogen-bond donors (Lipinski definition) is 2. The van der Waals surface area contributed by atoms with E-state index in [1.807, 2.05) is 44.2 Å². The smallest absolute Gasteiger partial charge is 0.308 e. The van der Waals surface area contributed by atoms with Crippen molar-refractivity contribution in [1.29, 1.82) is 5.41 Å². The predicted molar refractivity (Wildman–Crippen MR) is 77.7 cm³/mol. The van der Waals surface area contributed by atoms with Gasteiger partial charge in [0.15, 0.2) is 0 Å². The SMILES string of the molecule is CC(C)N1C(=O)NC(=N)C1c1cccc2cccnc12. The number of urea groups is 1. The lowest BCUT2D eigenvalue weighted by Crippen LogP contribution is -2.35. The van der Waals surface area contributed by atoms with Gasteiger partial charge in [-0.1, -0.05) is 24.3 Å². The third-order valence-corrected chi connectivity index (χ3v) is 3.54. The molecule has 1 unspecified atom stereocenters. The van der Waals surface area contributed by atoms with Gasteiger partial charge >= 0.3 is 6.03 Å². The van der Waals surface area contributed by atoms with Crippen molar-refractivity contribution in [1.82, 2.24) is 15.2 Å². The van der Waals surface area contributed by atoms with E-state index in [9.17, 15) is 4.79 Å². The fraction of sp³-hybridized carbons (Fsp3) is 0.267. The van der Waals surface area contributed by atoms with Crippen molar-refractivity contribution in [3.8, 4) is 0 Å². The largest absolute Gasteiger partial charge is 0.323 e. The average molecular weight is 268 g/mol. The monoisotopic (exact) mass is 268 g/mol. The highest BCUT2D eigenvalue weighted by atomic mass is 16.2. The number of benzene rings is 1. The highest BCUT2D eigenvalue weighted by Crippen LogP contribution is 2.31. The number of amidine groups is 1. The molecule has 1 aliphatic rings. The predicted octanol–water partition coefficient (Wildman–Crippen LogP) is 2.69. The normalized spacial score (nSPS) is 18.9. The Balaban J connectivity index is 2.19. The van der Waals surface area contributed by atoms with Crippen LogP contribution < -0.4 is 5.32 Å². The summed E-state index contributed by atoms with van der Waals surface area (Å²) < 4.78 is 0. The van der Waals surface area contributed by atoms with Gasteiger partial charge in [0.2, 0.25) is 0 Å². The Morgan fingerprint density at radius 1 is 1.30 bits per heavy atom. The second kappa shape index (κ2) is 4.59. The molecule has 0 radical (unpaired) electrons. The molecule has 1 aliphatic heterocycles. The number of hydrogen-bond acceptors (Lipinski definition) is 3. The lowest BCUT2D eigenvalue weighted by atomic mass is 10.0. The van der Waals surface area contributed by atoms with Gasteiger partial charge in [-0.3, -0.25) is 15.7 Å². The van der Waals surface area contributed by atoms with Crippen LogP contribution in [-0.4, -0.2) is 27.8 Å². The Morgan fingerprint density at radius 2 is 2.05 bits per heavy atom. The molecule has 3 rings (SSSR count). The van der Waals surface area contributed by atoms with Crippen LogP contribution >= 0.6 is 0 Å². The first-order valence-corrected chi connectivity index (χ1v) is 6.61. The first-order valence-electron chi connectivity index (χ1n) is 6.61. The molecule has 1 aromatic carbocycles. The maximum atomic E-state index is 12.0. The molecule has 2 heterocycles.